The number of carbonyl (C=O) groups excluding carboxylic acids is 1. The Morgan fingerprint density at radius 1 is 0.977 bits per heavy atom. The van der Waals surface area contributed by atoms with Crippen LogP contribution in [0.4, 0.5) is 15.9 Å². The van der Waals surface area contributed by atoms with Gasteiger partial charge in [-0.2, -0.15) is 10.2 Å². The van der Waals surface area contributed by atoms with E-state index < -0.39 is 17.2 Å². The number of fused-ring (bicyclic) bond motifs is 1. The maximum absolute atomic E-state index is 13.6. The number of benzene rings is 2. The fourth-order valence-corrected chi connectivity index (χ4v) is 5.53. The van der Waals surface area contributed by atoms with Crippen LogP contribution in [0.1, 0.15) is 29.4 Å². The van der Waals surface area contributed by atoms with Gasteiger partial charge in [0.15, 0.2) is 11.3 Å². The normalized spacial score (nSPS) is 15.8. The Hall–Kier alpha value is -5.01. The first kappa shape index (κ1) is 27.8. The van der Waals surface area contributed by atoms with Crippen molar-refractivity contribution in [2.75, 3.05) is 37.5 Å². The van der Waals surface area contributed by atoms with Gasteiger partial charge in [0, 0.05) is 42.8 Å². The standard InChI is InChI=1S/C31H29FN8O4/c32-21-5-1-19(2-6-21)24-14-39(13-18-9-11-43-12-10-18)37-27(28(24)41)31(42)36-22-7-3-20(4-8-22)26-25-29(33)34-17-35-30(25)40(38-26)23-15-44-16-23/h1-8,14,17-18,23H,9-13,15-16H2,(H,36,42)(H2,33,34,35). The van der Waals surface area contributed by atoms with Crippen LogP contribution in [0.15, 0.2) is 65.8 Å². The molecule has 5 heterocycles. The van der Waals surface area contributed by atoms with Crippen molar-refractivity contribution in [3.8, 4) is 22.4 Å². The molecule has 0 saturated carbocycles. The number of hydrogen-bond acceptors (Lipinski definition) is 9. The minimum atomic E-state index is -0.648. The van der Waals surface area contributed by atoms with E-state index in [1.807, 2.05) is 4.68 Å². The summed E-state index contributed by atoms with van der Waals surface area (Å²) in [6.07, 6.45) is 4.75. The Balaban J connectivity index is 1.18. The topological polar surface area (TPSA) is 152 Å². The van der Waals surface area contributed by atoms with Crippen molar-refractivity contribution in [2.24, 2.45) is 5.92 Å². The molecular formula is C31H29FN8O4. The molecule has 7 rings (SSSR count). The quantitative estimate of drug-likeness (QED) is 0.287. The van der Waals surface area contributed by atoms with Gasteiger partial charge < -0.3 is 20.5 Å². The van der Waals surface area contributed by atoms with Crippen LogP contribution < -0.4 is 16.5 Å². The fraction of sp³-hybridized carbons (Fsp3) is 0.290. The maximum Gasteiger partial charge on any atom is 0.280 e. The summed E-state index contributed by atoms with van der Waals surface area (Å²) in [5, 5.41) is 12.7. The molecule has 0 unspecified atom stereocenters. The number of nitrogen functional groups attached to an aromatic ring is 1. The first-order valence-corrected chi connectivity index (χ1v) is 14.4. The molecule has 2 saturated heterocycles. The van der Waals surface area contributed by atoms with Crippen LogP contribution in [-0.4, -0.2) is 61.9 Å². The number of halogens is 1. The molecule has 0 radical (unpaired) electrons. The third kappa shape index (κ3) is 5.31. The SMILES string of the molecule is Nc1ncnc2c1c(-c1ccc(NC(=O)c3nn(CC4CCOCC4)cc(-c4ccc(F)cc4)c3=O)cc1)nn2C1COC1. The minimum Gasteiger partial charge on any atom is -0.383 e. The van der Waals surface area contributed by atoms with Gasteiger partial charge in [0.1, 0.15) is 29.7 Å². The van der Waals surface area contributed by atoms with Crippen molar-refractivity contribution in [2.45, 2.75) is 25.4 Å². The van der Waals surface area contributed by atoms with Gasteiger partial charge in [-0.05, 0) is 48.6 Å². The highest BCUT2D eigenvalue weighted by molar-refractivity contribution is 6.03. The van der Waals surface area contributed by atoms with E-state index >= 15 is 0 Å². The predicted molar refractivity (Wildman–Crippen MR) is 160 cm³/mol. The molecular weight excluding hydrogens is 567 g/mol. The van der Waals surface area contributed by atoms with Gasteiger partial charge in [-0.1, -0.05) is 24.3 Å². The zero-order valence-corrected chi connectivity index (χ0v) is 23.6. The monoisotopic (exact) mass is 596 g/mol. The highest BCUT2D eigenvalue weighted by atomic mass is 19.1. The number of hydrogen-bond donors (Lipinski definition) is 2. The lowest BCUT2D eigenvalue weighted by molar-refractivity contribution is -0.0268. The number of rotatable bonds is 7. The number of anilines is 2. The van der Waals surface area contributed by atoms with E-state index in [9.17, 15) is 14.0 Å². The molecule has 224 valence electrons. The van der Waals surface area contributed by atoms with Gasteiger partial charge in [0.2, 0.25) is 5.43 Å². The second kappa shape index (κ2) is 11.6. The van der Waals surface area contributed by atoms with Crippen molar-refractivity contribution in [3.05, 3.63) is 82.8 Å². The molecule has 3 N–H and O–H groups in total. The molecule has 1 amide bonds. The number of amides is 1. The molecule has 0 bridgehead atoms. The van der Waals surface area contributed by atoms with Crippen LogP contribution in [0.3, 0.4) is 0 Å². The van der Waals surface area contributed by atoms with E-state index in [2.05, 4.69) is 20.4 Å². The van der Waals surface area contributed by atoms with Crippen LogP contribution in [-0.2, 0) is 16.0 Å². The van der Waals surface area contributed by atoms with E-state index in [4.69, 9.17) is 20.3 Å². The lowest BCUT2D eigenvalue weighted by atomic mass is 10.0. The summed E-state index contributed by atoms with van der Waals surface area (Å²) >= 11 is 0. The van der Waals surface area contributed by atoms with E-state index in [0.717, 1.165) is 18.4 Å². The van der Waals surface area contributed by atoms with Gasteiger partial charge >= 0.3 is 0 Å². The van der Waals surface area contributed by atoms with Crippen LogP contribution in [0.25, 0.3) is 33.4 Å². The van der Waals surface area contributed by atoms with Crippen molar-refractivity contribution in [3.63, 3.8) is 0 Å². The number of carbonyl (C=O) groups is 1. The Labute approximate surface area is 250 Å². The summed E-state index contributed by atoms with van der Waals surface area (Å²) in [7, 11) is 0. The third-order valence-electron chi connectivity index (χ3n) is 8.02. The van der Waals surface area contributed by atoms with Crippen molar-refractivity contribution in [1.82, 2.24) is 29.5 Å². The van der Waals surface area contributed by atoms with Gasteiger partial charge in [0.05, 0.1) is 18.6 Å². The molecule has 13 heteroatoms. The van der Waals surface area contributed by atoms with Crippen LogP contribution in [0.2, 0.25) is 0 Å². The summed E-state index contributed by atoms with van der Waals surface area (Å²) in [5.74, 6) is -0.458. The molecule has 44 heavy (non-hydrogen) atoms. The third-order valence-corrected chi connectivity index (χ3v) is 8.02. The lowest BCUT2D eigenvalue weighted by Crippen LogP contribution is -2.31. The Bertz CT molecular complexity index is 1900. The average molecular weight is 597 g/mol. The summed E-state index contributed by atoms with van der Waals surface area (Å²) in [5.41, 5.74) is 8.66. The number of ether oxygens (including phenoxy) is 2. The number of nitrogens with zero attached hydrogens (tertiary/aromatic N) is 6. The lowest BCUT2D eigenvalue weighted by Gasteiger charge is -2.26. The molecule has 2 fully saturated rings. The second-order valence-electron chi connectivity index (χ2n) is 11.0. The van der Waals surface area contributed by atoms with E-state index in [-0.39, 0.29) is 17.3 Å². The second-order valence-corrected chi connectivity index (χ2v) is 11.0. The maximum atomic E-state index is 13.6. The van der Waals surface area contributed by atoms with Gasteiger partial charge in [0.25, 0.3) is 5.91 Å². The molecule has 0 aliphatic carbocycles. The smallest absolute Gasteiger partial charge is 0.280 e. The van der Waals surface area contributed by atoms with Crippen molar-refractivity contribution in [1.29, 1.82) is 0 Å². The van der Waals surface area contributed by atoms with E-state index in [0.29, 0.717) is 72.7 Å². The first-order valence-electron chi connectivity index (χ1n) is 14.4. The summed E-state index contributed by atoms with van der Waals surface area (Å²) in [4.78, 5) is 35.5. The van der Waals surface area contributed by atoms with Crippen LogP contribution in [0, 0.1) is 11.7 Å². The highest BCUT2D eigenvalue weighted by Gasteiger charge is 2.27. The molecule has 12 nitrogen and oxygen atoms in total. The summed E-state index contributed by atoms with van der Waals surface area (Å²) in [6, 6.07) is 12.7. The molecule has 0 spiro atoms. The Morgan fingerprint density at radius 2 is 1.70 bits per heavy atom. The summed E-state index contributed by atoms with van der Waals surface area (Å²) in [6.45, 7) is 2.91. The van der Waals surface area contributed by atoms with Crippen LogP contribution in [0.5, 0.6) is 0 Å². The highest BCUT2D eigenvalue weighted by Crippen LogP contribution is 2.33. The molecule has 0 atom stereocenters. The summed E-state index contributed by atoms with van der Waals surface area (Å²) < 4.78 is 27.9. The van der Waals surface area contributed by atoms with Gasteiger partial charge in [-0.3, -0.25) is 14.3 Å². The minimum absolute atomic E-state index is 0.0628. The molecule has 2 aromatic carbocycles. The largest absolute Gasteiger partial charge is 0.383 e. The zero-order valence-electron chi connectivity index (χ0n) is 23.6. The van der Waals surface area contributed by atoms with Gasteiger partial charge in [-0.15, -0.1) is 0 Å². The Kier molecular flexibility index (Phi) is 7.32. The fourth-order valence-electron chi connectivity index (χ4n) is 5.53. The molecule has 5 aromatic rings. The van der Waals surface area contributed by atoms with Gasteiger partial charge in [-0.25, -0.2) is 19.0 Å². The predicted octanol–water partition coefficient (Wildman–Crippen LogP) is 3.69. The zero-order chi connectivity index (χ0) is 30.2. The van der Waals surface area contributed by atoms with Crippen LogP contribution >= 0.6 is 0 Å². The van der Waals surface area contributed by atoms with E-state index in [1.54, 1.807) is 35.1 Å². The number of nitrogens with two attached hydrogens (primary N) is 1. The number of nitrogens with one attached hydrogen (secondary N) is 1. The first-order chi connectivity index (χ1) is 21.4. The molecule has 2 aliphatic heterocycles. The van der Waals surface area contributed by atoms with E-state index in [1.165, 1.54) is 30.6 Å². The average Bonchev–Trinajstić information content (AvgIpc) is 3.38. The Morgan fingerprint density at radius 3 is 2.41 bits per heavy atom. The molecule has 3 aromatic heterocycles. The molecule has 2 aliphatic rings. The number of aromatic nitrogens is 6. The van der Waals surface area contributed by atoms with Crippen molar-refractivity contribution < 1.29 is 18.7 Å². The van der Waals surface area contributed by atoms with Crippen molar-refractivity contribution >= 4 is 28.4 Å².